The van der Waals surface area contributed by atoms with Crippen LogP contribution in [-0.4, -0.2) is 9.55 Å². The Bertz CT molecular complexity index is 1720. The molecule has 136 valence electrons. The normalized spacial score (nSPS) is 12.1. The highest BCUT2D eigenvalue weighted by molar-refractivity contribution is 6.24. The Morgan fingerprint density at radius 2 is 1.52 bits per heavy atom. The van der Waals surface area contributed by atoms with Gasteiger partial charge in [-0.25, -0.2) is 4.98 Å². The molecule has 4 aromatic carbocycles. The third kappa shape index (κ3) is 1.90. The van der Waals surface area contributed by atoms with Crippen molar-refractivity contribution in [3.8, 4) is 5.69 Å². The molecule has 0 saturated carbocycles. The maximum atomic E-state index is 6.16. The molecular formula is C25H14N2O2. The van der Waals surface area contributed by atoms with Gasteiger partial charge in [0, 0.05) is 21.8 Å². The summed E-state index contributed by atoms with van der Waals surface area (Å²) in [5.41, 5.74) is 6.78. The van der Waals surface area contributed by atoms with Crippen LogP contribution >= 0.6 is 0 Å². The minimum atomic E-state index is 0.786. The van der Waals surface area contributed by atoms with Gasteiger partial charge in [-0.1, -0.05) is 36.4 Å². The van der Waals surface area contributed by atoms with Gasteiger partial charge in [-0.05, 0) is 42.5 Å². The molecule has 0 spiro atoms. The molecule has 0 amide bonds. The molecule has 3 heterocycles. The van der Waals surface area contributed by atoms with Crippen LogP contribution in [0.1, 0.15) is 0 Å². The van der Waals surface area contributed by atoms with Crippen LogP contribution in [0.4, 0.5) is 0 Å². The summed E-state index contributed by atoms with van der Waals surface area (Å²) in [4.78, 5) is 4.35. The van der Waals surface area contributed by atoms with E-state index in [2.05, 4.69) is 70.2 Å². The Hall–Kier alpha value is -4.05. The molecule has 4 nitrogen and oxygen atoms in total. The molecule has 0 aliphatic carbocycles. The van der Waals surface area contributed by atoms with Crippen LogP contribution in [0.25, 0.3) is 60.5 Å². The first-order valence-electron chi connectivity index (χ1n) is 9.55. The van der Waals surface area contributed by atoms with E-state index in [9.17, 15) is 0 Å². The SMILES string of the molecule is c1ccc2c(c1)oc1ccc3c4ccccc4n(-c4ccc5ocnc5c4)c3c12. The standard InChI is InChI=1S/C25H14N2O2/c1-3-7-20-16(5-1)17-10-12-23-24(18-6-2-4-8-21(18)29-23)25(17)27(20)15-9-11-22-19(13-15)26-14-28-22/h1-14H. The lowest BCUT2D eigenvalue weighted by Crippen LogP contribution is -1.94. The Kier molecular flexibility index (Phi) is 2.71. The molecular weight excluding hydrogens is 360 g/mol. The minimum absolute atomic E-state index is 0.786. The zero-order chi connectivity index (χ0) is 18.9. The number of fused-ring (bicyclic) bond motifs is 8. The maximum absolute atomic E-state index is 6.16. The Balaban J connectivity index is 1.76. The molecule has 29 heavy (non-hydrogen) atoms. The second-order valence-corrected chi connectivity index (χ2v) is 7.29. The van der Waals surface area contributed by atoms with Gasteiger partial charge in [0.15, 0.2) is 12.0 Å². The minimum Gasteiger partial charge on any atom is -0.456 e. The first-order valence-corrected chi connectivity index (χ1v) is 9.55. The van der Waals surface area contributed by atoms with Crippen molar-refractivity contribution in [2.75, 3.05) is 0 Å². The smallest absolute Gasteiger partial charge is 0.181 e. The fraction of sp³-hybridized carbons (Fsp3) is 0. The van der Waals surface area contributed by atoms with Crippen molar-refractivity contribution in [3.05, 3.63) is 85.3 Å². The molecule has 0 N–H and O–H groups in total. The number of para-hydroxylation sites is 2. The van der Waals surface area contributed by atoms with E-state index in [1.54, 1.807) is 0 Å². The third-order valence-corrected chi connectivity index (χ3v) is 5.75. The third-order valence-electron chi connectivity index (χ3n) is 5.75. The summed E-state index contributed by atoms with van der Waals surface area (Å²) in [6, 6.07) is 27.1. The molecule has 4 heteroatoms. The molecule has 3 aromatic heterocycles. The number of hydrogen-bond donors (Lipinski definition) is 0. The van der Waals surface area contributed by atoms with E-state index in [-0.39, 0.29) is 0 Å². The van der Waals surface area contributed by atoms with Gasteiger partial charge in [0.2, 0.25) is 0 Å². The van der Waals surface area contributed by atoms with E-state index in [0.717, 1.165) is 49.8 Å². The lowest BCUT2D eigenvalue weighted by atomic mass is 10.1. The summed E-state index contributed by atoms with van der Waals surface area (Å²) < 4.78 is 13.9. The number of oxazole rings is 1. The molecule has 7 aromatic rings. The lowest BCUT2D eigenvalue weighted by Gasteiger charge is -2.08. The number of nitrogens with zero attached hydrogens (tertiary/aromatic N) is 2. The second kappa shape index (κ2) is 5.26. The summed E-state index contributed by atoms with van der Waals surface area (Å²) in [7, 11) is 0. The predicted octanol–water partition coefficient (Wildman–Crippen LogP) is 6.82. The maximum Gasteiger partial charge on any atom is 0.181 e. The van der Waals surface area contributed by atoms with Gasteiger partial charge >= 0.3 is 0 Å². The summed E-state index contributed by atoms with van der Waals surface area (Å²) in [6.45, 7) is 0. The van der Waals surface area contributed by atoms with Crippen LogP contribution in [0, 0.1) is 0 Å². The molecule has 0 unspecified atom stereocenters. The number of hydrogen-bond acceptors (Lipinski definition) is 3. The van der Waals surface area contributed by atoms with Crippen molar-refractivity contribution in [2.24, 2.45) is 0 Å². The Morgan fingerprint density at radius 1 is 0.690 bits per heavy atom. The quantitative estimate of drug-likeness (QED) is 0.316. The van der Waals surface area contributed by atoms with Crippen molar-refractivity contribution >= 4 is 54.8 Å². The van der Waals surface area contributed by atoms with Gasteiger partial charge in [-0.3, -0.25) is 0 Å². The van der Waals surface area contributed by atoms with Crippen molar-refractivity contribution in [1.29, 1.82) is 0 Å². The largest absolute Gasteiger partial charge is 0.456 e. The lowest BCUT2D eigenvalue weighted by molar-refractivity contribution is 0.602. The van der Waals surface area contributed by atoms with E-state index in [0.29, 0.717) is 0 Å². The Labute approximate surface area is 164 Å². The average molecular weight is 374 g/mol. The zero-order valence-corrected chi connectivity index (χ0v) is 15.3. The average Bonchev–Trinajstić information content (AvgIpc) is 3.46. The van der Waals surface area contributed by atoms with Crippen molar-refractivity contribution < 1.29 is 8.83 Å². The van der Waals surface area contributed by atoms with Gasteiger partial charge in [0.25, 0.3) is 0 Å². The monoisotopic (exact) mass is 374 g/mol. The first-order chi connectivity index (χ1) is 14.4. The summed E-state index contributed by atoms with van der Waals surface area (Å²) in [5, 5.41) is 4.68. The van der Waals surface area contributed by atoms with Gasteiger partial charge in [-0.15, -0.1) is 0 Å². The van der Waals surface area contributed by atoms with Crippen LogP contribution in [0.15, 0.2) is 94.1 Å². The van der Waals surface area contributed by atoms with Gasteiger partial charge < -0.3 is 13.4 Å². The molecule has 0 aliphatic rings. The van der Waals surface area contributed by atoms with Gasteiger partial charge in [-0.2, -0.15) is 0 Å². The van der Waals surface area contributed by atoms with Crippen LogP contribution in [-0.2, 0) is 0 Å². The highest BCUT2D eigenvalue weighted by Gasteiger charge is 2.18. The summed E-state index contributed by atoms with van der Waals surface area (Å²) >= 11 is 0. The number of aromatic nitrogens is 2. The molecule has 0 bridgehead atoms. The predicted molar refractivity (Wildman–Crippen MR) is 116 cm³/mol. The van der Waals surface area contributed by atoms with Gasteiger partial charge in [0.05, 0.1) is 16.4 Å². The molecule has 0 radical (unpaired) electrons. The fourth-order valence-electron chi connectivity index (χ4n) is 4.52. The number of benzene rings is 4. The van der Waals surface area contributed by atoms with E-state index >= 15 is 0 Å². The van der Waals surface area contributed by atoms with Gasteiger partial charge in [0.1, 0.15) is 16.7 Å². The van der Waals surface area contributed by atoms with Crippen molar-refractivity contribution in [2.45, 2.75) is 0 Å². The molecule has 0 atom stereocenters. The van der Waals surface area contributed by atoms with Crippen LogP contribution in [0.2, 0.25) is 0 Å². The first kappa shape index (κ1) is 14.9. The highest BCUT2D eigenvalue weighted by Crippen LogP contribution is 2.40. The molecule has 0 saturated heterocycles. The topological polar surface area (TPSA) is 44.1 Å². The zero-order valence-electron chi connectivity index (χ0n) is 15.3. The molecule has 7 rings (SSSR count). The van der Waals surface area contributed by atoms with Crippen LogP contribution < -0.4 is 0 Å². The van der Waals surface area contributed by atoms with Crippen molar-refractivity contribution in [3.63, 3.8) is 0 Å². The number of furan rings is 1. The van der Waals surface area contributed by atoms with E-state index in [1.807, 2.05) is 18.2 Å². The molecule has 0 fully saturated rings. The number of rotatable bonds is 1. The van der Waals surface area contributed by atoms with Crippen molar-refractivity contribution in [1.82, 2.24) is 9.55 Å². The van der Waals surface area contributed by atoms with Crippen LogP contribution in [0.5, 0.6) is 0 Å². The second-order valence-electron chi connectivity index (χ2n) is 7.29. The van der Waals surface area contributed by atoms with E-state index in [1.165, 1.54) is 17.2 Å². The fourth-order valence-corrected chi connectivity index (χ4v) is 4.52. The van der Waals surface area contributed by atoms with E-state index in [4.69, 9.17) is 8.83 Å². The summed E-state index contributed by atoms with van der Waals surface area (Å²) in [5.74, 6) is 0. The molecule has 0 aliphatic heterocycles. The Morgan fingerprint density at radius 3 is 2.48 bits per heavy atom. The van der Waals surface area contributed by atoms with Crippen LogP contribution in [0.3, 0.4) is 0 Å². The van der Waals surface area contributed by atoms with E-state index < -0.39 is 0 Å². The highest BCUT2D eigenvalue weighted by atomic mass is 16.3. The summed E-state index contributed by atoms with van der Waals surface area (Å²) in [6.07, 6.45) is 1.49.